The summed E-state index contributed by atoms with van der Waals surface area (Å²) in [7, 11) is 2.73. The zero-order chi connectivity index (χ0) is 16.4. The smallest absolute Gasteiger partial charge is 0.328 e. The maximum Gasteiger partial charge on any atom is 0.328 e. The minimum atomic E-state index is -0.777. The second-order valence-corrected chi connectivity index (χ2v) is 4.71. The Morgan fingerprint density at radius 1 is 1.27 bits per heavy atom. The van der Waals surface area contributed by atoms with E-state index in [0.29, 0.717) is 19.3 Å². The van der Waals surface area contributed by atoms with Crippen molar-refractivity contribution >= 4 is 11.9 Å². The number of carbonyl (C=O) groups is 2. The molecule has 22 heavy (non-hydrogen) atoms. The van der Waals surface area contributed by atoms with E-state index in [2.05, 4.69) is 11.2 Å². The van der Waals surface area contributed by atoms with Crippen LogP contribution in [-0.4, -0.2) is 32.1 Å². The van der Waals surface area contributed by atoms with Crippen LogP contribution in [0.4, 0.5) is 0 Å². The number of ether oxygens (including phenoxy) is 2. The number of benzene rings is 1. The SMILES string of the molecule is C#CCCC[C@@H](NC(=O)[C@H](OC)c1ccccc1)C(=O)OC. The molecule has 0 aromatic heterocycles. The summed E-state index contributed by atoms with van der Waals surface area (Å²) in [5, 5.41) is 2.67. The number of rotatable bonds is 8. The normalized spacial score (nSPS) is 12.8. The topological polar surface area (TPSA) is 64.6 Å². The van der Waals surface area contributed by atoms with Gasteiger partial charge in [-0.1, -0.05) is 30.3 Å². The Labute approximate surface area is 131 Å². The number of hydrogen-bond acceptors (Lipinski definition) is 4. The van der Waals surface area contributed by atoms with Crippen LogP contribution >= 0.6 is 0 Å². The third kappa shape index (κ3) is 5.23. The van der Waals surface area contributed by atoms with Gasteiger partial charge in [-0.15, -0.1) is 12.3 Å². The molecule has 1 aromatic carbocycles. The maximum atomic E-state index is 12.4. The molecule has 0 aliphatic heterocycles. The van der Waals surface area contributed by atoms with Gasteiger partial charge in [0.1, 0.15) is 6.04 Å². The lowest BCUT2D eigenvalue weighted by molar-refractivity contribution is -0.147. The van der Waals surface area contributed by atoms with Crippen molar-refractivity contribution in [3.8, 4) is 12.3 Å². The molecule has 0 heterocycles. The Hall–Kier alpha value is -2.32. The van der Waals surface area contributed by atoms with Gasteiger partial charge in [0, 0.05) is 13.5 Å². The summed E-state index contributed by atoms with van der Waals surface area (Å²) in [5.41, 5.74) is 0.717. The van der Waals surface area contributed by atoms with E-state index in [1.807, 2.05) is 18.2 Å². The highest BCUT2D eigenvalue weighted by Crippen LogP contribution is 2.17. The lowest BCUT2D eigenvalue weighted by atomic mass is 10.1. The van der Waals surface area contributed by atoms with E-state index in [0.717, 1.165) is 5.56 Å². The molecule has 0 saturated heterocycles. The van der Waals surface area contributed by atoms with Crippen LogP contribution in [0.25, 0.3) is 0 Å². The molecule has 0 spiro atoms. The van der Waals surface area contributed by atoms with E-state index in [1.54, 1.807) is 12.1 Å². The Balaban J connectivity index is 2.75. The third-order valence-corrected chi connectivity index (χ3v) is 3.19. The van der Waals surface area contributed by atoms with Crippen LogP contribution in [0.2, 0.25) is 0 Å². The van der Waals surface area contributed by atoms with Crippen molar-refractivity contribution in [3.05, 3.63) is 35.9 Å². The summed E-state index contributed by atoms with van der Waals surface area (Å²) in [5.74, 6) is 1.63. The summed E-state index contributed by atoms with van der Waals surface area (Å²) >= 11 is 0. The minimum absolute atomic E-state index is 0.384. The first kappa shape index (κ1) is 17.7. The standard InChI is InChI=1S/C17H21NO4/c1-4-5-7-12-14(17(20)22-3)18-16(19)15(21-2)13-10-8-6-9-11-13/h1,6,8-11,14-15H,5,7,12H2,2-3H3,(H,18,19)/t14-,15-/m1/s1. The van der Waals surface area contributed by atoms with Gasteiger partial charge in [0.25, 0.3) is 5.91 Å². The van der Waals surface area contributed by atoms with E-state index >= 15 is 0 Å². The number of hydrogen-bond donors (Lipinski definition) is 1. The highest BCUT2D eigenvalue weighted by atomic mass is 16.5. The average Bonchev–Trinajstić information content (AvgIpc) is 2.55. The van der Waals surface area contributed by atoms with E-state index in [1.165, 1.54) is 14.2 Å². The first-order valence-corrected chi connectivity index (χ1v) is 7.03. The Kier molecular flexibility index (Phi) is 7.73. The molecule has 5 heteroatoms. The highest BCUT2D eigenvalue weighted by molar-refractivity contribution is 5.87. The van der Waals surface area contributed by atoms with Crippen LogP contribution in [0.1, 0.15) is 30.9 Å². The zero-order valence-electron chi connectivity index (χ0n) is 12.9. The molecule has 0 fully saturated rings. The fourth-order valence-corrected chi connectivity index (χ4v) is 2.07. The summed E-state index contributed by atoms with van der Waals surface area (Å²) in [4.78, 5) is 24.1. The number of esters is 1. The molecule has 0 unspecified atom stereocenters. The molecule has 0 saturated carbocycles. The van der Waals surface area contributed by atoms with Gasteiger partial charge in [0.15, 0.2) is 6.10 Å². The number of nitrogens with one attached hydrogen (secondary N) is 1. The molecule has 1 amide bonds. The van der Waals surface area contributed by atoms with Crippen molar-refractivity contribution in [2.24, 2.45) is 0 Å². The number of terminal acetylenes is 1. The summed E-state index contributed by atoms with van der Waals surface area (Å²) in [6.45, 7) is 0. The fraction of sp³-hybridized carbons (Fsp3) is 0.412. The summed E-state index contributed by atoms with van der Waals surface area (Å²) < 4.78 is 9.96. The van der Waals surface area contributed by atoms with Crippen LogP contribution in [0.5, 0.6) is 0 Å². The lowest BCUT2D eigenvalue weighted by Gasteiger charge is -2.20. The predicted molar refractivity (Wildman–Crippen MR) is 82.8 cm³/mol. The van der Waals surface area contributed by atoms with Gasteiger partial charge in [-0.25, -0.2) is 4.79 Å². The molecule has 1 N–H and O–H groups in total. The van der Waals surface area contributed by atoms with Crippen LogP contribution in [0, 0.1) is 12.3 Å². The quantitative estimate of drug-likeness (QED) is 0.452. The van der Waals surface area contributed by atoms with Gasteiger partial charge < -0.3 is 14.8 Å². The van der Waals surface area contributed by atoms with Crippen molar-refractivity contribution in [1.82, 2.24) is 5.32 Å². The Morgan fingerprint density at radius 3 is 2.50 bits per heavy atom. The van der Waals surface area contributed by atoms with Gasteiger partial charge in [-0.3, -0.25) is 4.79 Å². The Bertz CT molecular complexity index is 521. The van der Waals surface area contributed by atoms with Crippen molar-refractivity contribution in [3.63, 3.8) is 0 Å². The van der Waals surface area contributed by atoms with E-state index in [9.17, 15) is 9.59 Å². The molecule has 0 aliphatic rings. The summed E-state index contributed by atoms with van der Waals surface area (Å²) in [6, 6.07) is 8.34. The number of carbonyl (C=O) groups excluding carboxylic acids is 2. The monoisotopic (exact) mass is 303 g/mol. The second kappa shape index (κ2) is 9.59. The van der Waals surface area contributed by atoms with E-state index in [4.69, 9.17) is 15.9 Å². The zero-order valence-corrected chi connectivity index (χ0v) is 12.9. The molecule has 0 radical (unpaired) electrons. The average molecular weight is 303 g/mol. The molecular formula is C17H21NO4. The Morgan fingerprint density at radius 2 is 1.95 bits per heavy atom. The largest absolute Gasteiger partial charge is 0.467 e. The first-order chi connectivity index (χ1) is 10.6. The fourth-order valence-electron chi connectivity index (χ4n) is 2.07. The summed E-state index contributed by atoms with van der Waals surface area (Å²) in [6.07, 6.45) is 6.01. The van der Waals surface area contributed by atoms with Gasteiger partial charge >= 0.3 is 5.97 Å². The maximum absolute atomic E-state index is 12.4. The molecule has 1 rings (SSSR count). The molecular weight excluding hydrogens is 282 g/mol. The predicted octanol–water partition coefficient (Wildman–Crippen LogP) is 1.84. The van der Waals surface area contributed by atoms with Crippen molar-refractivity contribution in [2.75, 3.05) is 14.2 Å². The van der Waals surface area contributed by atoms with Crippen molar-refractivity contribution in [2.45, 2.75) is 31.4 Å². The lowest BCUT2D eigenvalue weighted by Crippen LogP contribution is -2.44. The third-order valence-electron chi connectivity index (χ3n) is 3.19. The van der Waals surface area contributed by atoms with E-state index in [-0.39, 0.29) is 5.91 Å². The molecule has 0 aliphatic carbocycles. The molecule has 0 bridgehead atoms. The molecule has 2 atom stereocenters. The molecule has 1 aromatic rings. The van der Waals surface area contributed by atoms with Gasteiger partial charge in [-0.05, 0) is 18.4 Å². The first-order valence-electron chi connectivity index (χ1n) is 7.03. The van der Waals surface area contributed by atoms with Gasteiger partial charge in [0.05, 0.1) is 7.11 Å². The molecule has 5 nitrogen and oxygen atoms in total. The number of unbranched alkanes of at least 4 members (excludes halogenated alkanes) is 1. The van der Waals surface area contributed by atoms with Crippen LogP contribution < -0.4 is 5.32 Å². The highest BCUT2D eigenvalue weighted by Gasteiger charge is 2.26. The van der Waals surface area contributed by atoms with Crippen LogP contribution in [-0.2, 0) is 19.1 Å². The molecule has 118 valence electrons. The van der Waals surface area contributed by atoms with Crippen molar-refractivity contribution < 1.29 is 19.1 Å². The number of methoxy groups -OCH3 is 2. The minimum Gasteiger partial charge on any atom is -0.467 e. The van der Waals surface area contributed by atoms with Gasteiger partial charge in [0.2, 0.25) is 0 Å². The van der Waals surface area contributed by atoms with Crippen molar-refractivity contribution in [1.29, 1.82) is 0 Å². The second-order valence-electron chi connectivity index (χ2n) is 4.71. The van der Waals surface area contributed by atoms with Gasteiger partial charge in [-0.2, -0.15) is 0 Å². The van der Waals surface area contributed by atoms with E-state index < -0.39 is 18.1 Å². The van der Waals surface area contributed by atoms with Crippen LogP contribution in [0.3, 0.4) is 0 Å². The van der Waals surface area contributed by atoms with Crippen LogP contribution in [0.15, 0.2) is 30.3 Å². The number of amides is 1.